The number of aryl methyl sites for hydroxylation is 1. The molecule has 0 saturated heterocycles. The Kier molecular flexibility index (Phi) is 7.33. The lowest BCUT2D eigenvalue weighted by molar-refractivity contribution is -0.137. The predicted octanol–water partition coefficient (Wildman–Crippen LogP) is 4.05. The van der Waals surface area contributed by atoms with E-state index >= 15 is 0 Å². The topological polar surface area (TPSA) is 69.0 Å². The molecular formula is C20H21ClN4O2S. The molecule has 28 heavy (non-hydrogen) atoms. The van der Waals surface area contributed by atoms with Gasteiger partial charge in [0.1, 0.15) is 0 Å². The summed E-state index contributed by atoms with van der Waals surface area (Å²) < 4.78 is 6.76. The number of hydrogen-bond acceptors (Lipinski definition) is 6. The van der Waals surface area contributed by atoms with E-state index in [2.05, 4.69) is 27.6 Å². The zero-order valence-electron chi connectivity index (χ0n) is 15.5. The largest absolute Gasteiger partial charge is 0.468 e. The summed E-state index contributed by atoms with van der Waals surface area (Å²) in [6.07, 6.45) is 0.842. The minimum atomic E-state index is -0.291. The summed E-state index contributed by atoms with van der Waals surface area (Å²) in [5, 5.41) is 13.3. The van der Waals surface area contributed by atoms with Crippen molar-refractivity contribution >= 4 is 35.0 Å². The Bertz CT molecular complexity index is 918. The third kappa shape index (κ3) is 5.74. The van der Waals surface area contributed by atoms with Crippen molar-refractivity contribution in [3.8, 4) is 0 Å². The maximum atomic E-state index is 11.5. The van der Waals surface area contributed by atoms with E-state index in [9.17, 15) is 4.79 Å². The number of anilines is 1. The molecule has 0 bridgehead atoms. The van der Waals surface area contributed by atoms with E-state index in [1.807, 2.05) is 47.0 Å². The molecule has 0 aliphatic rings. The molecule has 0 fully saturated rings. The molecule has 1 aromatic heterocycles. The van der Waals surface area contributed by atoms with Gasteiger partial charge in [0.15, 0.2) is 11.0 Å². The van der Waals surface area contributed by atoms with Gasteiger partial charge in [-0.3, -0.25) is 4.79 Å². The molecule has 3 aromatic rings. The molecule has 0 aliphatic heterocycles. The highest BCUT2D eigenvalue weighted by molar-refractivity contribution is 7.99. The zero-order chi connectivity index (χ0) is 19.8. The highest BCUT2D eigenvalue weighted by Gasteiger charge is 2.14. The van der Waals surface area contributed by atoms with Crippen LogP contribution in [0.5, 0.6) is 0 Å². The first-order chi connectivity index (χ1) is 13.7. The lowest BCUT2D eigenvalue weighted by Gasteiger charge is -2.11. The Hall–Kier alpha value is -2.51. The number of nitrogens with one attached hydrogen (secondary N) is 1. The number of carbonyl (C=O) groups is 1. The fourth-order valence-corrected chi connectivity index (χ4v) is 3.63. The van der Waals surface area contributed by atoms with Gasteiger partial charge in [-0.05, 0) is 30.2 Å². The molecule has 146 valence electrons. The fraction of sp³-hybridized carbons (Fsp3) is 0.250. The van der Waals surface area contributed by atoms with Crippen molar-refractivity contribution in [3.05, 3.63) is 71.0 Å². The van der Waals surface area contributed by atoms with Gasteiger partial charge in [0.25, 0.3) is 0 Å². The van der Waals surface area contributed by atoms with Crippen molar-refractivity contribution < 1.29 is 9.53 Å². The minimum Gasteiger partial charge on any atom is -0.468 e. The van der Waals surface area contributed by atoms with Crippen LogP contribution in [0.3, 0.4) is 0 Å². The lowest BCUT2D eigenvalue weighted by Crippen LogP contribution is -2.12. The van der Waals surface area contributed by atoms with Crippen LogP contribution in [-0.4, -0.2) is 33.6 Å². The highest BCUT2D eigenvalue weighted by atomic mass is 35.5. The van der Waals surface area contributed by atoms with E-state index in [4.69, 9.17) is 16.3 Å². The van der Waals surface area contributed by atoms with Crippen LogP contribution in [0.4, 0.5) is 5.69 Å². The van der Waals surface area contributed by atoms with Crippen LogP contribution >= 0.6 is 23.4 Å². The molecule has 0 aliphatic carbocycles. The third-order valence-corrected chi connectivity index (χ3v) is 5.26. The second kappa shape index (κ2) is 10.1. The van der Waals surface area contributed by atoms with Crippen LogP contribution in [0.2, 0.25) is 5.02 Å². The van der Waals surface area contributed by atoms with Crippen LogP contribution in [0.1, 0.15) is 11.4 Å². The van der Waals surface area contributed by atoms with Crippen molar-refractivity contribution in [2.45, 2.75) is 24.7 Å². The van der Waals surface area contributed by atoms with Crippen LogP contribution in [-0.2, 0) is 29.0 Å². The molecule has 0 spiro atoms. The number of ether oxygens (including phenoxy) is 1. The number of rotatable bonds is 9. The number of hydrogen-bond donors (Lipinski definition) is 1. The normalized spacial score (nSPS) is 10.6. The quantitative estimate of drug-likeness (QED) is 0.419. The van der Waals surface area contributed by atoms with E-state index in [1.165, 1.54) is 24.4 Å². The Morgan fingerprint density at radius 1 is 1.18 bits per heavy atom. The molecule has 8 heteroatoms. The molecule has 1 heterocycles. The van der Waals surface area contributed by atoms with Crippen molar-refractivity contribution in [1.29, 1.82) is 0 Å². The van der Waals surface area contributed by atoms with Gasteiger partial charge in [-0.25, -0.2) is 0 Å². The third-order valence-electron chi connectivity index (χ3n) is 4.08. The Morgan fingerprint density at radius 3 is 2.75 bits per heavy atom. The molecule has 0 saturated carbocycles. The Morgan fingerprint density at radius 2 is 2.00 bits per heavy atom. The maximum Gasteiger partial charge on any atom is 0.316 e. The Balaban J connectivity index is 1.73. The van der Waals surface area contributed by atoms with Gasteiger partial charge in [-0.1, -0.05) is 59.8 Å². The summed E-state index contributed by atoms with van der Waals surface area (Å²) in [6, 6.07) is 17.8. The summed E-state index contributed by atoms with van der Waals surface area (Å²) in [4.78, 5) is 11.5. The highest BCUT2D eigenvalue weighted by Crippen LogP contribution is 2.20. The first-order valence-corrected chi connectivity index (χ1v) is 10.2. The maximum absolute atomic E-state index is 11.5. The minimum absolute atomic E-state index is 0.196. The average molecular weight is 417 g/mol. The second-order valence-electron chi connectivity index (χ2n) is 6.01. The number of carbonyl (C=O) groups excluding carboxylic acids is 1. The van der Waals surface area contributed by atoms with E-state index in [0.29, 0.717) is 23.3 Å². The Labute approximate surface area is 173 Å². The van der Waals surface area contributed by atoms with Gasteiger partial charge in [-0.2, -0.15) is 0 Å². The number of halogens is 1. The number of aromatic nitrogens is 3. The first-order valence-electron chi connectivity index (χ1n) is 8.81. The lowest BCUT2D eigenvalue weighted by atomic mass is 10.1. The van der Waals surface area contributed by atoms with Gasteiger partial charge < -0.3 is 14.6 Å². The summed E-state index contributed by atoms with van der Waals surface area (Å²) in [7, 11) is 1.38. The van der Waals surface area contributed by atoms with Gasteiger partial charge in [0.2, 0.25) is 0 Å². The summed E-state index contributed by atoms with van der Waals surface area (Å²) in [5.41, 5.74) is 2.14. The standard InChI is InChI=1S/C20H21ClN4O2S/c1-27-19(26)14-28-20-24-23-18(13-22-17-9-5-8-16(21)12-17)25(20)11-10-15-6-3-2-4-7-15/h2-9,12,22H,10-11,13-14H2,1H3. The molecule has 6 nitrogen and oxygen atoms in total. The molecule has 3 rings (SSSR count). The number of benzene rings is 2. The second-order valence-corrected chi connectivity index (χ2v) is 7.39. The monoisotopic (exact) mass is 416 g/mol. The van der Waals surface area contributed by atoms with Crippen LogP contribution < -0.4 is 5.32 Å². The van der Waals surface area contributed by atoms with Gasteiger partial charge in [0, 0.05) is 17.3 Å². The fourth-order valence-electron chi connectivity index (χ4n) is 2.63. The van der Waals surface area contributed by atoms with Crippen LogP contribution in [0, 0.1) is 0 Å². The van der Waals surface area contributed by atoms with Crippen molar-refractivity contribution in [3.63, 3.8) is 0 Å². The summed E-state index contributed by atoms with van der Waals surface area (Å²) in [6.45, 7) is 1.22. The van der Waals surface area contributed by atoms with E-state index in [1.54, 1.807) is 0 Å². The molecule has 0 atom stereocenters. The molecular weight excluding hydrogens is 396 g/mol. The first kappa shape index (κ1) is 20.2. The predicted molar refractivity (Wildman–Crippen MR) is 112 cm³/mol. The number of methoxy groups -OCH3 is 1. The summed E-state index contributed by atoms with van der Waals surface area (Å²) >= 11 is 7.37. The zero-order valence-corrected chi connectivity index (χ0v) is 17.0. The van der Waals surface area contributed by atoms with Crippen LogP contribution in [0.15, 0.2) is 59.8 Å². The number of nitrogens with zero attached hydrogens (tertiary/aromatic N) is 3. The smallest absolute Gasteiger partial charge is 0.316 e. The molecule has 1 N–H and O–H groups in total. The number of esters is 1. The van der Waals surface area contributed by atoms with Gasteiger partial charge >= 0.3 is 5.97 Å². The van der Waals surface area contributed by atoms with E-state index < -0.39 is 0 Å². The van der Waals surface area contributed by atoms with E-state index in [-0.39, 0.29) is 11.7 Å². The SMILES string of the molecule is COC(=O)CSc1nnc(CNc2cccc(Cl)c2)n1CCc1ccccc1. The molecule has 0 amide bonds. The molecule has 0 unspecified atom stereocenters. The van der Waals surface area contributed by atoms with Crippen molar-refractivity contribution in [1.82, 2.24) is 14.8 Å². The van der Waals surface area contributed by atoms with Crippen LogP contribution in [0.25, 0.3) is 0 Å². The number of thioether (sulfide) groups is 1. The molecule has 2 aromatic carbocycles. The average Bonchev–Trinajstić information content (AvgIpc) is 3.11. The van der Waals surface area contributed by atoms with Crippen molar-refractivity contribution in [2.24, 2.45) is 0 Å². The van der Waals surface area contributed by atoms with Crippen molar-refractivity contribution in [2.75, 3.05) is 18.2 Å². The van der Waals surface area contributed by atoms with E-state index in [0.717, 1.165) is 17.9 Å². The molecule has 0 radical (unpaired) electrons. The van der Waals surface area contributed by atoms with Gasteiger partial charge in [0.05, 0.1) is 19.4 Å². The summed E-state index contributed by atoms with van der Waals surface area (Å²) in [5.74, 6) is 0.700. The van der Waals surface area contributed by atoms with Gasteiger partial charge in [-0.15, -0.1) is 10.2 Å².